The standard InChI is InChI=1S/C19H20N2O3S2/c22-18(14-8-11-25-13-14)17-7-6-16(26-17)12-21-19(23)20-9-10-24-15-4-2-1-3-5-15/h1-8,11,13,18,22H,9-10,12H2,(H2,20,21,23). The topological polar surface area (TPSA) is 70.6 Å². The number of benzene rings is 1. The normalized spacial score (nSPS) is 11.7. The lowest BCUT2D eigenvalue weighted by Crippen LogP contribution is -2.37. The number of rotatable bonds is 8. The highest BCUT2D eigenvalue weighted by Gasteiger charge is 2.13. The first-order valence-electron chi connectivity index (χ1n) is 8.20. The Balaban J connectivity index is 1.37. The van der Waals surface area contributed by atoms with Crippen molar-refractivity contribution in [3.63, 3.8) is 0 Å². The zero-order valence-corrected chi connectivity index (χ0v) is 15.7. The number of thiophene rings is 2. The van der Waals surface area contributed by atoms with Crippen LogP contribution in [-0.4, -0.2) is 24.3 Å². The molecule has 5 nitrogen and oxygen atoms in total. The van der Waals surface area contributed by atoms with Crippen LogP contribution in [0.5, 0.6) is 5.75 Å². The fraction of sp³-hybridized carbons (Fsp3) is 0.211. The maximum atomic E-state index is 11.8. The van der Waals surface area contributed by atoms with Gasteiger partial charge in [0.1, 0.15) is 18.5 Å². The van der Waals surface area contributed by atoms with E-state index in [0.717, 1.165) is 21.1 Å². The van der Waals surface area contributed by atoms with Crippen LogP contribution in [0, 0.1) is 0 Å². The number of nitrogens with one attached hydrogen (secondary N) is 2. The summed E-state index contributed by atoms with van der Waals surface area (Å²) >= 11 is 3.05. The van der Waals surface area contributed by atoms with Crippen LogP contribution in [0.3, 0.4) is 0 Å². The molecule has 0 radical (unpaired) electrons. The van der Waals surface area contributed by atoms with Gasteiger partial charge in [-0.25, -0.2) is 4.79 Å². The fourth-order valence-electron chi connectivity index (χ4n) is 2.31. The monoisotopic (exact) mass is 388 g/mol. The van der Waals surface area contributed by atoms with Gasteiger partial charge in [-0.2, -0.15) is 11.3 Å². The molecule has 3 aromatic rings. The highest BCUT2D eigenvalue weighted by atomic mass is 32.1. The number of carbonyl (C=O) groups excluding carboxylic acids is 1. The van der Waals surface area contributed by atoms with Crippen LogP contribution in [-0.2, 0) is 6.54 Å². The van der Waals surface area contributed by atoms with Gasteiger partial charge in [-0.05, 0) is 46.7 Å². The maximum absolute atomic E-state index is 11.8. The molecule has 2 amide bonds. The molecule has 0 fully saturated rings. The summed E-state index contributed by atoms with van der Waals surface area (Å²) in [6.45, 7) is 1.26. The Hall–Kier alpha value is -2.35. The smallest absolute Gasteiger partial charge is 0.315 e. The molecule has 0 aliphatic heterocycles. The first-order valence-corrected chi connectivity index (χ1v) is 9.96. The Morgan fingerprint density at radius 1 is 1.12 bits per heavy atom. The Kier molecular flexibility index (Phi) is 6.65. The highest BCUT2D eigenvalue weighted by molar-refractivity contribution is 7.12. The third-order valence-corrected chi connectivity index (χ3v) is 5.47. The average molecular weight is 389 g/mol. The van der Waals surface area contributed by atoms with Crippen LogP contribution in [0.15, 0.2) is 59.3 Å². The van der Waals surface area contributed by atoms with Crippen molar-refractivity contribution in [1.82, 2.24) is 10.6 Å². The van der Waals surface area contributed by atoms with Crippen LogP contribution >= 0.6 is 22.7 Å². The molecular formula is C19H20N2O3S2. The second kappa shape index (κ2) is 9.38. The lowest BCUT2D eigenvalue weighted by molar-refractivity contribution is 0.224. The summed E-state index contributed by atoms with van der Waals surface area (Å²) in [5, 5.41) is 19.8. The maximum Gasteiger partial charge on any atom is 0.315 e. The van der Waals surface area contributed by atoms with E-state index in [4.69, 9.17) is 4.74 Å². The molecule has 3 N–H and O–H groups in total. The fourth-order valence-corrected chi connectivity index (χ4v) is 3.96. The third kappa shape index (κ3) is 5.32. The van der Waals surface area contributed by atoms with Crippen LogP contribution < -0.4 is 15.4 Å². The molecule has 1 aromatic carbocycles. The summed E-state index contributed by atoms with van der Waals surface area (Å²) in [5.41, 5.74) is 0.896. The van der Waals surface area contributed by atoms with Gasteiger partial charge in [-0.3, -0.25) is 0 Å². The van der Waals surface area contributed by atoms with Crippen molar-refractivity contribution in [3.8, 4) is 5.75 Å². The van der Waals surface area contributed by atoms with Crippen molar-refractivity contribution in [2.75, 3.05) is 13.2 Å². The molecule has 1 atom stereocenters. The Bertz CT molecular complexity index is 803. The molecule has 136 valence electrons. The molecule has 2 aromatic heterocycles. The first kappa shape index (κ1) is 18.4. The van der Waals surface area contributed by atoms with Crippen LogP contribution in [0.1, 0.15) is 21.4 Å². The van der Waals surface area contributed by atoms with E-state index >= 15 is 0 Å². The third-order valence-electron chi connectivity index (χ3n) is 3.63. The van der Waals surface area contributed by atoms with Crippen molar-refractivity contribution in [1.29, 1.82) is 0 Å². The predicted octanol–water partition coefficient (Wildman–Crippen LogP) is 3.77. The zero-order valence-electron chi connectivity index (χ0n) is 14.1. The summed E-state index contributed by atoms with van der Waals surface area (Å²) in [5.74, 6) is 0.782. The van der Waals surface area contributed by atoms with E-state index in [1.165, 1.54) is 11.3 Å². The van der Waals surface area contributed by atoms with Gasteiger partial charge in [-0.1, -0.05) is 18.2 Å². The number of urea groups is 1. The lowest BCUT2D eigenvalue weighted by atomic mass is 10.2. The van der Waals surface area contributed by atoms with Gasteiger partial charge in [-0.15, -0.1) is 11.3 Å². The summed E-state index contributed by atoms with van der Waals surface area (Å²) in [6, 6.07) is 15.0. The van der Waals surface area contributed by atoms with Crippen molar-refractivity contribution in [2.24, 2.45) is 0 Å². The van der Waals surface area contributed by atoms with Crippen molar-refractivity contribution < 1.29 is 14.6 Å². The number of ether oxygens (including phenoxy) is 1. The van der Waals surface area contributed by atoms with E-state index < -0.39 is 6.10 Å². The number of carbonyl (C=O) groups is 1. The molecule has 7 heteroatoms. The average Bonchev–Trinajstić information content (AvgIpc) is 3.36. The Labute approximate surface area is 160 Å². The number of aliphatic hydroxyl groups is 1. The molecule has 3 rings (SSSR count). The summed E-state index contributed by atoms with van der Waals surface area (Å²) in [4.78, 5) is 13.7. The van der Waals surface area contributed by atoms with E-state index in [9.17, 15) is 9.90 Å². The predicted molar refractivity (Wildman–Crippen MR) is 105 cm³/mol. The number of amides is 2. The van der Waals surface area contributed by atoms with Gasteiger partial charge in [0.2, 0.25) is 0 Å². The van der Waals surface area contributed by atoms with E-state index in [0.29, 0.717) is 19.7 Å². The Morgan fingerprint density at radius 3 is 2.73 bits per heavy atom. The number of para-hydroxylation sites is 1. The highest BCUT2D eigenvalue weighted by Crippen LogP contribution is 2.29. The van der Waals surface area contributed by atoms with Gasteiger partial charge < -0.3 is 20.5 Å². The van der Waals surface area contributed by atoms with Crippen LogP contribution in [0.4, 0.5) is 4.79 Å². The van der Waals surface area contributed by atoms with Crippen molar-refractivity contribution >= 4 is 28.7 Å². The number of hydrogen-bond acceptors (Lipinski definition) is 5. The second-order valence-electron chi connectivity index (χ2n) is 5.53. The van der Waals surface area contributed by atoms with E-state index in [-0.39, 0.29) is 6.03 Å². The van der Waals surface area contributed by atoms with Crippen LogP contribution in [0.25, 0.3) is 0 Å². The van der Waals surface area contributed by atoms with Gasteiger partial charge in [0, 0.05) is 9.75 Å². The molecule has 0 spiro atoms. The summed E-state index contributed by atoms with van der Waals surface area (Å²) in [6.07, 6.45) is -0.607. The molecule has 26 heavy (non-hydrogen) atoms. The minimum atomic E-state index is -0.607. The van der Waals surface area contributed by atoms with Gasteiger partial charge in [0.15, 0.2) is 0 Å². The molecule has 0 saturated carbocycles. The molecular weight excluding hydrogens is 368 g/mol. The molecule has 0 aliphatic rings. The molecule has 2 heterocycles. The van der Waals surface area contributed by atoms with Gasteiger partial charge >= 0.3 is 6.03 Å². The lowest BCUT2D eigenvalue weighted by Gasteiger charge is -2.08. The minimum Gasteiger partial charge on any atom is -0.492 e. The minimum absolute atomic E-state index is 0.241. The number of hydrogen-bond donors (Lipinski definition) is 3. The first-order chi connectivity index (χ1) is 12.7. The quantitative estimate of drug-likeness (QED) is 0.515. The molecule has 0 saturated heterocycles. The largest absolute Gasteiger partial charge is 0.492 e. The summed E-state index contributed by atoms with van der Waals surface area (Å²) in [7, 11) is 0. The van der Waals surface area contributed by atoms with Crippen LogP contribution in [0.2, 0.25) is 0 Å². The van der Waals surface area contributed by atoms with E-state index in [1.54, 1.807) is 11.3 Å². The van der Waals surface area contributed by atoms with E-state index in [2.05, 4.69) is 10.6 Å². The zero-order chi connectivity index (χ0) is 18.2. The van der Waals surface area contributed by atoms with Crippen molar-refractivity contribution in [2.45, 2.75) is 12.6 Å². The SMILES string of the molecule is O=C(NCCOc1ccccc1)NCc1ccc(C(O)c2ccsc2)s1. The van der Waals surface area contributed by atoms with Crippen molar-refractivity contribution in [3.05, 3.63) is 74.6 Å². The molecule has 0 aliphatic carbocycles. The van der Waals surface area contributed by atoms with Gasteiger partial charge in [0.25, 0.3) is 0 Å². The molecule has 0 bridgehead atoms. The second-order valence-corrected chi connectivity index (χ2v) is 7.51. The summed E-state index contributed by atoms with van der Waals surface area (Å²) < 4.78 is 5.52. The number of aliphatic hydroxyl groups excluding tert-OH is 1. The van der Waals surface area contributed by atoms with E-state index in [1.807, 2.05) is 59.3 Å². The van der Waals surface area contributed by atoms with Gasteiger partial charge in [0.05, 0.1) is 13.1 Å². The Morgan fingerprint density at radius 2 is 1.96 bits per heavy atom. The molecule has 1 unspecified atom stereocenters.